The maximum atomic E-state index is 13.1. The summed E-state index contributed by atoms with van der Waals surface area (Å²) in [5.74, 6) is -1.86. The minimum absolute atomic E-state index is 0.0631. The fourth-order valence-electron chi connectivity index (χ4n) is 3.62. The Morgan fingerprint density at radius 1 is 1.39 bits per heavy atom. The van der Waals surface area contributed by atoms with Crippen LogP contribution in [0.5, 0.6) is 0 Å². The molecule has 2 aliphatic rings. The van der Waals surface area contributed by atoms with E-state index in [4.69, 9.17) is 4.84 Å². The molecule has 1 unspecified atom stereocenters. The molecule has 3 N–H and O–H groups in total. The van der Waals surface area contributed by atoms with Crippen LogP contribution in [0.25, 0.3) is 0 Å². The minimum Gasteiger partial charge on any atom is -0.477 e. The standard InChI is InChI=1S/C21H20N6O6S3/c1-34-11-33-25-14(13-9-36-21(23-13)22-10-28)17(29)24-15-18(30)27-16(20(31)32)12(8-35-19(15)27)7-26-5-3-2-4-6-26/h2-6,9-10,15,19H,7-8,11H2,1H3,(H2-,22,23,24,28,29,31,32)/p+1/t15?,19-/m0/s1. The molecule has 1 fully saturated rings. The molecule has 12 nitrogen and oxygen atoms in total. The van der Waals surface area contributed by atoms with Crippen molar-refractivity contribution in [1.82, 2.24) is 15.2 Å². The molecule has 0 saturated carbocycles. The zero-order valence-corrected chi connectivity index (χ0v) is 21.3. The van der Waals surface area contributed by atoms with Crippen molar-refractivity contribution in [3.05, 3.63) is 52.9 Å². The number of hydrogen-bond donors (Lipinski definition) is 3. The molecule has 4 rings (SSSR count). The molecule has 0 bridgehead atoms. The van der Waals surface area contributed by atoms with Gasteiger partial charge in [0.15, 0.2) is 35.7 Å². The highest BCUT2D eigenvalue weighted by molar-refractivity contribution is 8.00. The number of thiazole rings is 1. The fraction of sp³-hybridized carbons (Fsp3) is 0.286. The van der Waals surface area contributed by atoms with E-state index in [1.54, 1.807) is 6.26 Å². The number of aromatic nitrogens is 2. The fourth-order valence-corrected chi connectivity index (χ4v) is 5.77. The van der Waals surface area contributed by atoms with E-state index in [9.17, 15) is 24.3 Å². The first-order valence-corrected chi connectivity index (χ1v) is 13.8. The quantitative estimate of drug-likeness (QED) is 0.0691. The Morgan fingerprint density at radius 2 is 2.17 bits per heavy atom. The van der Waals surface area contributed by atoms with E-state index >= 15 is 0 Å². The smallest absolute Gasteiger partial charge is 0.352 e. The van der Waals surface area contributed by atoms with Gasteiger partial charge in [0.25, 0.3) is 11.8 Å². The molecule has 3 amide bonds. The molecule has 0 radical (unpaired) electrons. The van der Waals surface area contributed by atoms with Crippen molar-refractivity contribution >= 4 is 69.9 Å². The molecule has 2 aromatic heterocycles. The van der Waals surface area contributed by atoms with E-state index in [-0.39, 0.29) is 28.2 Å². The van der Waals surface area contributed by atoms with Crippen LogP contribution in [0.15, 0.2) is 52.4 Å². The van der Waals surface area contributed by atoms with Crippen LogP contribution < -0.4 is 15.2 Å². The Labute approximate surface area is 217 Å². The van der Waals surface area contributed by atoms with E-state index in [0.29, 0.717) is 24.3 Å². The van der Waals surface area contributed by atoms with Crippen molar-refractivity contribution in [1.29, 1.82) is 0 Å². The number of oxime groups is 1. The van der Waals surface area contributed by atoms with Crippen LogP contribution in [0.3, 0.4) is 0 Å². The van der Waals surface area contributed by atoms with Crippen LogP contribution >= 0.6 is 34.9 Å². The van der Waals surface area contributed by atoms with Crippen LogP contribution in [0.4, 0.5) is 5.13 Å². The first-order valence-electron chi connectivity index (χ1n) is 10.4. The summed E-state index contributed by atoms with van der Waals surface area (Å²) in [6, 6.07) is 4.58. The van der Waals surface area contributed by atoms with Gasteiger partial charge in [-0.05, 0) is 6.26 Å². The summed E-state index contributed by atoms with van der Waals surface area (Å²) in [5, 5.41) is 20.0. The molecule has 0 spiro atoms. The minimum atomic E-state index is -1.20. The molecule has 36 heavy (non-hydrogen) atoms. The average molecular weight is 550 g/mol. The number of β-lactam (4-membered cyclic amide) rings is 1. The van der Waals surface area contributed by atoms with Gasteiger partial charge in [0.1, 0.15) is 22.8 Å². The number of pyridine rings is 1. The van der Waals surface area contributed by atoms with Crippen molar-refractivity contribution in [3.63, 3.8) is 0 Å². The van der Waals surface area contributed by atoms with Crippen LogP contribution in [0, 0.1) is 0 Å². The van der Waals surface area contributed by atoms with Gasteiger partial charge in [0.05, 0.1) is 0 Å². The van der Waals surface area contributed by atoms with Crippen molar-refractivity contribution in [2.75, 3.05) is 23.3 Å². The highest BCUT2D eigenvalue weighted by atomic mass is 32.2. The van der Waals surface area contributed by atoms with Gasteiger partial charge in [-0.25, -0.2) is 14.3 Å². The van der Waals surface area contributed by atoms with Crippen LogP contribution in [0.1, 0.15) is 5.69 Å². The second-order valence-electron chi connectivity index (χ2n) is 7.44. The first-order chi connectivity index (χ1) is 17.4. The molecule has 0 aliphatic carbocycles. The number of thioether (sulfide) groups is 2. The van der Waals surface area contributed by atoms with E-state index in [2.05, 4.69) is 20.8 Å². The summed E-state index contributed by atoms with van der Waals surface area (Å²) < 4.78 is 1.83. The largest absolute Gasteiger partial charge is 0.477 e. The maximum Gasteiger partial charge on any atom is 0.352 e. The number of fused-ring (bicyclic) bond motifs is 1. The number of hydrogen-bond acceptors (Lipinski definition) is 10. The van der Waals surface area contributed by atoms with Crippen molar-refractivity contribution < 1.29 is 33.7 Å². The van der Waals surface area contributed by atoms with Gasteiger partial charge in [-0.2, -0.15) is 0 Å². The summed E-state index contributed by atoms with van der Waals surface area (Å²) in [7, 11) is 0. The lowest BCUT2D eigenvalue weighted by Crippen LogP contribution is -2.71. The predicted octanol–water partition coefficient (Wildman–Crippen LogP) is 0.479. The Bertz CT molecular complexity index is 1230. The van der Waals surface area contributed by atoms with Crippen LogP contribution in [-0.2, 0) is 30.6 Å². The van der Waals surface area contributed by atoms with Crippen molar-refractivity contribution in [2.45, 2.75) is 18.0 Å². The third-order valence-electron chi connectivity index (χ3n) is 5.16. The molecule has 15 heteroatoms. The first kappa shape index (κ1) is 25.7. The van der Waals surface area contributed by atoms with Gasteiger partial charge >= 0.3 is 5.97 Å². The number of rotatable bonds is 11. The lowest BCUT2D eigenvalue weighted by molar-refractivity contribution is -0.689. The number of nitrogens with zero attached hydrogens (tertiary/aromatic N) is 4. The Hall–Kier alpha value is -3.43. The van der Waals surface area contributed by atoms with Crippen LogP contribution in [0.2, 0.25) is 0 Å². The predicted molar refractivity (Wildman–Crippen MR) is 134 cm³/mol. The lowest BCUT2D eigenvalue weighted by Gasteiger charge is -2.49. The van der Waals surface area contributed by atoms with Gasteiger partial charge in [0, 0.05) is 28.8 Å². The highest BCUT2D eigenvalue weighted by Crippen LogP contribution is 2.40. The molecule has 2 atom stereocenters. The molecule has 0 aromatic carbocycles. The number of anilines is 1. The summed E-state index contributed by atoms with van der Waals surface area (Å²) in [5.41, 5.74) is 0.535. The monoisotopic (exact) mass is 549 g/mol. The number of amides is 3. The topological polar surface area (TPSA) is 154 Å². The molecular formula is C21H21N6O6S3+. The zero-order valence-electron chi connectivity index (χ0n) is 18.8. The third-order valence-corrected chi connectivity index (χ3v) is 7.61. The molecule has 2 aromatic rings. The second kappa shape index (κ2) is 11.5. The second-order valence-corrected chi connectivity index (χ2v) is 10.2. The summed E-state index contributed by atoms with van der Waals surface area (Å²) in [6.45, 7) is 0.327. The lowest BCUT2D eigenvalue weighted by atomic mass is 10.0. The summed E-state index contributed by atoms with van der Waals surface area (Å²) in [4.78, 5) is 59.4. The Kier molecular flexibility index (Phi) is 8.22. The average Bonchev–Trinajstić information content (AvgIpc) is 3.33. The van der Waals surface area contributed by atoms with Gasteiger partial charge in [0.2, 0.25) is 6.41 Å². The molecule has 2 aliphatic heterocycles. The molecular weight excluding hydrogens is 528 g/mol. The van der Waals surface area contributed by atoms with E-state index < -0.39 is 29.2 Å². The van der Waals surface area contributed by atoms with Gasteiger partial charge < -0.3 is 20.6 Å². The van der Waals surface area contributed by atoms with Crippen molar-refractivity contribution in [2.24, 2.45) is 5.16 Å². The van der Waals surface area contributed by atoms with Crippen LogP contribution in [-0.4, -0.2) is 74.3 Å². The van der Waals surface area contributed by atoms with E-state index in [1.807, 2.05) is 35.2 Å². The molecule has 1 saturated heterocycles. The SMILES string of the molecule is CSCON=C(C(=O)NC1C(=O)N2C(C(=O)O)=C(C[n+]3ccccc3)CS[C@@H]12)c1csc(NC=O)n1. The highest BCUT2D eigenvalue weighted by Gasteiger charge is 2.54. The van der Waals surface area contributed by atoms with E-state index in [1.165, 1.54) is 33.8 Å². The Balaban J connectivity index is 1.52. The number of carbonyl (C=O) groups excluding carboxylic acids is 3. The molecule has 4 heterocycles. The van der Waals surface area contributed by atoms with Gasteiger partial charge in [-0.15, -0.1) is 34.9 Å². The number of carbonyl (C=O) groups is 4. The Morgan fingerprint density at radius 3 is 2.86 bits per heavy atom. The number of nitrogens with one attached hydrogen (secondary N) is 2. The molecule has 188 valence electrons. The van der Waals surface area contributed by atoms with Gasteiger partial charge in [-0.1, -0.05) is 11.2 Å². The van der Waals surface area contributed by atoms with Crippen molar-refractivity contribution in [3.8, 4) is 0 Å². The third kappa shape index (κ3) is 5.37. The number of aliphatic carboxylic acids is 1. The zero-order chi connectivity index (χ0) is 25.7. The van der Waals surface area contributed by atoms with Gasteiger partial charge in [-0.3, -0.25) is 19.3 Å². The van der Waals surface area contributed by atoms with E-state index in [0.717, 1.165) is 11.3 Å². The normalized spacial score (nSPS) is 19.3. The number of carboxylic acids is 1. The summed E-state index contributed by atoms with van der Waals surface area (Å²) in [6.07, 6.45) is 5.89. The summed E-state index contributed by atoms with van der Waals surface area (Å²) >= 11 is 3.82. The number of carboxylic acid groups (broad SMARTS) is 1. The maximum absolute atomic E-state index is 13.1.